The van der Waals surface area contributed by atoms with E-state index in [4.69, 9.17) is 9.47 Å². The van der Waals surface area contributed by atoms with E-state index >= 15 is 0 Å². The minimum Gasteiger partial charge on any atom is -0.497 e. The van der Waals surface area contributed by atoms with E-state index in [1.807, 2.05) is 29.2 Å². The number of nitrogens with zero attached hydrogens (tertiary/aromatic N) is 1. The Morgan fingerprint density at radius 1 is 1.17 bits per heavy atom. The lowest BCUT2D eigenvalue weighted by Crippen LogP contribution is -2.30. The molecule has 29 heavy (non-hydrogen) atoms. The fourth-order valence-corrected chi connectivity index (χ4v) is 4.40. The van der Waals surface area contributed by atoms with Crippen LogP contribution in [-0.4, -0.2) is 36.6 Å². The molecule has 0 saturated carbocycles. The maximum absolute atomic E-state index is 13.0. The molecule has 1 aliphatic rings. The molecule has 0 bridgehead atoms. The average molecular weight is 392 g/mol. The van der Waals surface area contributed by atoms with Gasteiger partial charge in [0.1, 0.15) is 11.5 Å². The molecule has 1 N–H and O–H groups in total. The molecule has 0 spiro atoms. The van der Waals surface area contributed by atoms with Crippen molar-refractivity contribution >= 4 is 16.8 Å². The highest BCUT2D eigenvalue weighted by atomic mass is 16.5. The smallest absolute Gasteiger partial charge is 0.223 e. The first kappa shape index (κ1) is 19.4. The highest BCUT2D eigenvalue weighted by Gasteiger charge is 2.31. The molecule has 4 rings (SSSR count). The van der Waals surface area contributed by atoms with Crippen LogP contribution in [0.3, 0.4) is 0 Å². The summed E-state index contributed by atoms with van der Waals surface area (Å²) in [5.74, 6) is 1.82. The Morgan fingerprint density at radius 2 is 2.03 bits per heavy atom. The van der Waals surface area contributed by atoms with E-state index in [1.165, 1.54) is 10.9 Å². The third-order valence-electron chi connectivity index (χ3n) is 5.88. The fraction of sp³-hybridized carbons (Fsp3) is 0.375. The van der Waals surface area contributed by atoms with E-state index in [9.17, 15) is 4.79 Å². The summed E-state index contributed by atoms with van der Waals surface area (Å²) in [6.07, 6.45) is 6.34. The van der Waals surface area contributed by atoms with Crippen LogP contribution in [0.25, 0.3) is 10.9 Å². The molecular formula is C24H28N2O3. The van der Waals surface area contributed by atoms with Gasteiger partial charge in [0.2, 0.25) is 5.91 Å². The lowest BCUT2D eigenvalue weighted by molar-refractivity contribution is -0.132. The number of H-pyrrole nitrogens is 1. The van der Waals surface area contributed by atoms with Crippen molar-refractivity contribution in [2.24, 2.45) is 0 Å². The van der Waals surface area contributed by atoms with Gasteiger partial charge in [0.05, 0.1) is 20.3 Å². The number of rotatable bonds is 7. The molecule has 152 valence electrons. The number of aromatic amines is 1. The van der Waals surface area contributed by atoms with E-state index in [0.717, 1.165) is 54.8 Å². The van der Waals surface area contributed by atoms with Crippen LogP contribution >= 0.6 is 0 Å². The third kappa shape index (κ3) is 3.95. The van der Waals surface area contributed by atoms with Crippen LogP contribution in [0.4, 0.5) is 0 Å². The molecule has 2 heterocycles. The summed E-state index contributed by atoms with van der Waals surface area (Å²) in [4.78, 5) is 18.4. The second-order valence-corrected chi connectivity index (χ2v) is 7.57. The fourth-order valence-electron chi connectivity index (χ4n) is 4.40. The molecule has 3 aromatic rings. The van der Waals surface area contributed by atoms with E-state index in [-0.39, 0.29) is 11.9 Å². The Kier molecular flexibility index (Phi) is 5.74. The van der Waals surface area contributed by atoms with Crippen molar-refractivity contribution < 1.29 is 14.3 Å². The number of aryl methyl sites for hydroxylation is 1. The van der Waals surface area contributed by atoms with Crippen molar-refractivity contribution in [2.75, 3.05) is 20.8 Å². The van der Waals surface area contributed by atoms with Crippen LogP contribution in [0.2, 0.25) is 0 Å². The lowest BCUT2D eigenvalue weighted by atomic mass is 10.0. The quantitative estimate of drug-likeness (QED) is 0.624. The zero-order chi connectivity index (χ0) is 20.2. The van der Waals surface area contributed by atoms with Gasteiger partial charge in [-0.2, -0.15) is 0 Å². The number of methoxy groups -OCH3 is 2. The van der Waals surface area contributed by atoms with Gasteiger partial charge in [-0.15, -0.1) is 0 Å². The normalized spacial score (nSPS) is 16.3. The number of fused-ring (bicyclic) bond motifs is 1. The summed E-state index contributed by atoms with van der Waals surface area (Å²) in [6.45, 7) is 0.803. The number of aromatic nitrogens is 1. The Labute approximate surface area is 171 Å². The van der Waals surface area contributed by atoms with E-state index in [0.29, 0.717) is 6.42 Å². The number of benzene rings is 2. The average Bonchev–Trinajstić information content (AvgIpc) is 3.41. The predicted molar refractivity (Wildman–Crippen MR) is 114 cm³/mol. The maximum Gasteiger partial charge on any atom is 0.223 e. The standard InChI is InChI=1S/C24H28N2O3/c1-28-18-12-13-23(29-2)20(15-18)22-10-6-14-26(22)24(27)11-5-7-17-16-25-21-9-4-3-8-19(17)21/h3-4,8-9,12-13,15-16,22,25H,5-7,10-11,14H2,1-2H3/t22-/m1/s1. The summed E-state index contributed by atoms with van der Waals surface area (Å²) in [6, 6.07) is 14.2. The number of likely N-dealkylation sites (tertiary alicyclic amines) is 1. The minimum atomic E-state index is 0.0561. The Hall–Kier alpha value is -2.95. The molecule has 5 heteroatoms. The summed E-state index contributed by atoms with van der Waals surface area (Å²) < 4.78 is 10.9. The van der Waals surface area contributed by atoms with Crippen molar-refractivity contribution in [1.82, 2.24) is 9.88 Å². The van der Waals surface area contributed by atoms with Gasteiger partial charge in [0, 0.05) is 35.6 Å². The zero-order valence-electron chi connectivity index (χ0n) is 17.1. The van der Waals surface area contributed by atoms with E-state index < -0.39 is 0 Å². The first-order valence-electron chi connectivity index (χ1n) is 10.3. The lowest BCUT2D eigenvalue weighted by Gasteiger charge is -2.27. The number of amides is 1. The molecule has 1 aliphatic heterocycles. The largest absolute Gasteiger partial charge is 0.497 e. The topological polar surface area (TPSA) is 54.6 Å². The van der Waals surface area contributed by atoms with Gasteiger partial charge < -0.3 is 19.4 Å². The van der Waals surface area contributed by atoms with Crippen molar-refractivity contribution in [2.45, 2.75) is 38.1 Å². The SMILES string of the molecule is COc1ccc(OC)c([C@H]2CCCN2C(=O)CCCc2c[nH]c3ccccc23)c1. The molecule has 2 aromatic carbocycles. The second kappa shape index (κ2) is 8.60. The number of carbonyl (C=O) groups is 1. The first-order chi connectivity index (χ1) is 14.2. The van der Waals surface area contributed by atoms with Crippen molar-refractivity contribution in [3.05, 3.63) is 59.8 Å². The molecule has 1 amide bonds. The van der Waals surface area contributed by atoms with Gasteiger partial charge in [0.25, 0.3) is 0 Å². The van der Waals surface area contributed by atoms with Gasteiger partial charge in [-0.25, -0.2) is 0 Å². The molecule has 0 radical (unpaired) electrons. The van der Waals surface area contributed by atoms with Crippen LogP contribution < -0.4 is 9.47 Å². The number of ether oxygens (including phenoxy) is 2. The number of hydrogen-bond donors (Lipinski definition) is 1. The van der Waals surface area contributed by atoms with Crippen LogP contribution in [0.5, 0.6) is 11.5 Å². The number of para-hydroxylation sites is 1. The summed E-state index contributed by atoms with van der Waals surface area (Å²) in [7, 11) is 3.33. The first-order valence-corrected chi connectivity index (χ1v) is 10.3. The Morgan fingerprint density at radius 3 is 2.86 bits per heavy atom. The molecular weight excluding hydrogens is 364 g/mol. The monoisotopic (exact) mass is 392 g/mol. The highest BCUT2D eigenvalue weighted by molar-refractivity contribution is 5.83. The van der Waals surface area contributed by atoms with Crippen molar-refractivity contribution in [3.8, 4) is 11.5 Å². The van der Waals surface area contributed by atoms with Gasteiger partial charge in [-0.3, -0.25) is 4.79 Å². The molecule has 0 unspecified atom stereocenters. The van der Waals surface area contributed by atoms with Gasteiger partial charge in [-0.1, -0.05) is 18.2 Å². The van der Waals surface area contributed by atoms with E-state index in [1.54, 1.807) is 14.2 Å². The Balaban J connectivity index is 1.43. The molecule has 1 saturated heterocycles. The summed E-state index contributed by atoms with van der Waals surface area (Å²) in [5, 5.41) is 1.25. The molecule has 1 fully saturated rings. The second-order valence-electron chi connectivity index (χ2n) is 7.57. The van der Waals surface area contributed by atoms with Crippen LogP contribution in [-0.2, 0) is 11.2 Å². The zero-order valence-corrected chi connectivity index (χ0v) is 17.1. The number of carbonyl (C=O) groups excluding carboxylic acids is 1. The summed E-state index contributed by atoms with van der Waals surface area (Å²) in [5.41, 5.74) is 3.47. The van der Waals surface area contributed by atoms with Crippen LogP contribution in [0.15, 0.2) is 48.7 Å². The molecule has 1 atom stereocenters. The van der Waals surface area contributed by atoms with Crippen molar-refractivity contribution in [3.63, 3.8) is 0 Å². The van der Waals surface area contributed by atoms with Crippen LogP contribution in [0, 0.1) is 0 Å². The van der Waals surface area contributed by atoms with Gasteiger partial charge in [-0.05, 0) is 55.5 Å². The maximum atomic E-state index is 13.0. The minimum absolute atomic E-state index is 0.0561. The van der Waals surface area contributed by atoms with E-state index in [2.05, 4.69) is 29.4 Å². The number of hydrogen-bond acceptors (Lipinski definition) is 3. The summed E-state index contributed by atoms with van der Waals surface area (Å²) >= 11 is 0. The molecule has 5 nitrogen and oxygen atoms in total. The van der Waals surface area contributed by atoms with Gasteiger partial charge in [0.15, 0.2) is 0 Å². The predicted octanol–water partition coefficient (Wildman–Crippen LogP) is 4.87. The Bertz CT molecular complexity index is 995. The van der Waals surface area contributed by atoms with Crippen molar-refractivity contribution in [1.29, 1.82) is 0 Å². The number of nitrogens with one attached hydrogen (secondary N) is 1. The highest BCUT2D eigenvalue weighted by Crippen LogP contribution is 2.39. The van der Waals surface area contributed by atoms with Crippen LogP contribution in [0.1, 0.15) is 42.9 Å². The molecule has 1 aromatic heterocycles. The molecule has 0 aliphatic carbocycles. The van der Waals surface area contributed by atoms with Gasteiger partial charge >= 0.3 is 0 Å². The third-order valence-corrected chi connectivity index (χ3v) is 5.88.